The van der Waals surface area contributed by atoms with Crippen LogP contribution in [0.4, 0.5) is 0 Å². The number of pyridine rings is 1. The zero-order valence-electron chi connectivity index (χ0n) is 14.3. The Morgan fingerprint density at radius 3 is 2.56 bits per heavy atom. The Morgan fingerprint density at radius 2 is 1.92 bits per heavy atom. The van der Waals surface area contributed by atoms with E-state index in [4.69, 9.17) is 4.74 Å². The predicted octanol–water partition coefficient (Wildman–Crippen LogP) is 1.74. The molecule has 0 spiro atoms. The largest absolute Gasteiger partial charge is 0.379 e. The lowest BCUT2D eigenvalue weighted by molar-refractivity contribution is 0.0171. The van der Waals surface area contributed by atoms with Gasteiger partial charge in [-0.3, -0.25) is 9.88 Å². The Bertz CT molecular complexity index is 773. The van der Waals surface area contributed by atoms with E-state index in [-0.39, 0.29) is 10.9 Å². The minimum absolute atomic E-state index is 0.0715. The van der Waals surface area contributed by atoms with E-state index in [2.05, 4.69) is 14.6 Å². The highest BCUT2D eigenvalue weighted by atomic mass is 32.2. The molecule has 2 heterocycles. The summed E-state index contributed by atoms with van der Waals surface area (Å²) in [5.41, 5.74) is 2.02. The lowest BCUT2D eigenvalue weighted by Crippen LogP contribution is -2.43. The van der Waals surface area contributed by atoms with Gasteiger partial charge >= 0.3 is 0 Å². The van der Waals surface area contributed by atoms with Gasteiger partial charge in [-0.1, -0.05) is 23.8 Å². The highest BCUT2D eigenvalue weighted by Crippen LogP contribution is 2.21. The van der Waals surface area contributed by atoms with Crippen molar-refractivity contribution in [1.82, 2.24) is 14.6 Å². The van der Waals surface area contributed by atoms with Gasteiger partial charge in [0.1, 0.15) is 0 Å². The van der Waals surface area contributed by atoms with Crippen molar-refractivity contribution in [2.45, 2.75) is 17.9 Å². The summed E-state index contributed by atoms with van der Waals surface area (Å²) < 4.78 is 33.4. The lowest BCUT2D eigenvalue weighted by Gasteiger charge is -2.34. The summed E-state index contributed by atoms with van der Waals surface area (Å²) >= 11 is 0. The van der Waals surface area contributed by atoms with Gasteiger partial charge < -0.3 is 4.74 Å². The molecule has 6 nitrogen and oxygen atoms in total. The molecule has 1 atom stereocenters. The Labute approximate surface area is 148 Å². The Morgan fingerprint density at radius 1 is 1.20 bits per heavy atom. The van der Waals surface area contributed by atoms with Gasteiger partial charge in [0.2, 0.25) is 10.0 Å². The van der Waals surface area contributed by atoms with E-state index in [1.165, 1.54) is 0 Å². The molecule has 1 aromatic heterocycles. The van der Waals surface area contributed by atoms with Crippen molar-refractivity contribution in [2.75, 3.05) is 32.8 Å². The van der Waals surface area contributed by atoms with Crippen LogP contribution in [0, 0.1) is 6.92 Å². The number of nitrogens with zero attached hydrogens (tertiary/aromatic N) is 2. The van der Waals surface area contributed by atoms with Gasteiger partial charge in [-0.25, -0.2) is 13.1 Å². The first-order chi connectivity index (χ1) is 12.1. The molecule has 0 saturated carbocycles. The van der Waals surface area contributed by atoms with E-state index in [0.717, 1.165) is 24.2 Å². The molecule has 7 heteroatoms. The molecule has 1 fully saturated rings. The van der Waals surface area contributed by atoms with Gasteiger partial charge in [0, 0.05) is 32.0 Å². The Kier molecular flexibility index (Phi) is 5.80. The molecule has 0 unspecified atom stereocenters. The van der Waals surface area contributed by atoms with Crippen molar-refractivity contribution in [2.24, 2.45) is 0 Å². The maximum absolute atomic E-state index is 12.6. The van der Waals surface area contributed by atoms with Crippen LogP contribution in [-0.2, 0) is 14.8 Å². The first-order valence-corrected chi connectivity index (χ1v) is 9.83. The standard InChI is InChI=1S/C18H23N3O3S/c1-15-4-6-17(7-5-15)25(22,23)20-14-18(16-3-2-8-19-13-16)21-9-11-24-12-10-21/h2-8,13,18,20H,9-12,14H2,1H3/t18-/m1/s1. The van der Waals surface area contributed by atoms with Crippen LogP contribution in [0.25, 0.3) is 0 Å². The second-order valence-corrected chi connectivity index (χ2v) is 7.88. The van der Waals surface area contributed by atoms with E-state index in [1.54, 1.807) is 36.7 Å². The molecule has 0 radical (unpaired) electrons. The molecule has 25 heavy (non-hydrogen) atoms. The predicted molar refractivity (Wildman–Crippen MR) is 95.7 cm³/mol. The average Bonchev–Trinajstić information content (AvgIpc) is 2.64. The maximum Gasteiger partial charge on any atom is 0.240 e. The number of rotatable bonds is 6. The molecular weight excluding hydrogens is 338 g/mol. The summed E-state index contributed by atoms with van der Waals surface area (Å²) in [6.45, 7) is 5.07. The zero-order valence-corrected chi connectivity index (χ0v) is 15.1. The van der Waals surface area contributed by atoms with Gasteiger partial charge in [-0.15, -0.1) is 0 Å². The SMILES string of the molecule is Cc1ccc(S(=O)(=O)NC[C@H](c2cccnc2)N2CCOCC2)cc1. The van der Waals surface area contributed by atoms with Gasteiger partial charge in [0.25, 0.3) is 0 Å². The smallest absolute Gasteiger partial charge is 0.240 e. The van der Waals surface area contributed by atoms with Crippen LogP contribution in [0.2, 0.25) is 0 Å². The van der Waals surface area contributed by atoms with Crippen LogP contribution in [0.15, 0.2) is 53.7 Å². The Hall–Kier alpha value is -1.80. The third-order valence-electron chi connectivity index (χ3n) is 4.35. The highest BCUT2D eigenvalue weighted by molar-refractivity contribution is 7.89. The van der Waals surface area contributed by atoms with Crippen molar-refractivity contribution in [3.8, 4) is 0 Å². The summed E-state index contributed by atoms with van der Waals surface area (Å²) in [5, 5.41) is 0. The van der Waals surface area contributed by atoms with E-state index >= 15 is 0 Å². The molecule has 2 aromatic rings. The number of nitrogens with one attached hydrogen (secondary N) is 1. The van der Waals surface area contributed by atoms with E-state index in [1.807, 2.05) is 19.1 Å². The fourth-order valence-electron chi connectivity index (χ4n) is 2.91. The van der Waals surface area contributed by atoms with Gasteiger partial charge in [-0.2, -0.15) is 0 Å². The summed E-state index contributed by atoms with van der Waals surface area (Å²) in [4.78, 5) is 6.69. The monoisotopic (exact) mass is 361 g/mol. The fraction of sp³-hybridized carbons (Fsp3) is 0.389. The van der Waals surface area contributed by atoms with Crippen molar-refractivity contribution in [3.05, 3.63) is 59.9 Å². The van der Waals surface area contributed by atoms with Gasteiger partial charge in [0.05, 0.1) is 24.2 Å². The molecule has 1 saturated heterocycles. The van der Waals surface area contributed by atoms with Gasteiger partial charge in [-0.05, 0) is 30.7 Å². The zero-order chi connectivity index (χ0) is 17.7. The summed E-state index contributed by atoms with van der Waals surface area (Å²) in [5.74, 6) is 0. The molecule has 1 aliphatic heterocycles. The number of ether oxygens (including phenoxy) is 1. The summed E-state index contributed by atoms with van der Waals surface area (Å²) in [7, 11) is -3.55. The van der Waals surface area contributed by atoms with Crippen molar-refractivity contribution >= 4 is 10.0 Å². The van der Waals surface area contributed by atoms with Crippen LogP contribution < -0.4 is 4.72 Å². The summed E-state index contributed by atoms with van der Waals surface area (Å²) in [6.07, 6.45) is 3.51. The van der Waals surface area contributed by atoms with Crippen LogP contribution >= 0.6 is 0 Å². The third kappa shape index (κ3) is 4.64. The number of aromatic nitrogens is 1. The molecule has 0 amide bonds. The minimum Gasteiger partial charge on any atom is -0.379 e. The third-order valence-corrected chi connectivity index (χ3v) is 5.79. The lowest BCUT2D eigenvalue weighted by atomic mass is 10.1. The van der Waals surface area contributed by atoms with Crippen LogP contribution in [0.3, 0.4) is 0 Å². The molecular formula is C18H23N3O3S. The second-order valence-electron chi connectivity index (χ2n) is 6.12. The van der Waals surface area contributed by atoms with Crippen LogP contribution in [-0.4, -0.2) is 51.1 Å². The van der Waals surface area contributed by atoms with Crippen molar-refractivity contribution in [3.63, 3.8) is 0 Å². The molecule has 1 aromatic carbocycles. The van der Waals surface area contributed by atoms with Crippen LogP contribution in [0.5, 0.6) is 0 Å². The minimum atomic E-state index is -3.55. The molecule has 0 aliphatic carbocycles. The number of benzene rings is 1. The van der Waals surface area contributed by atoms with Crippen molar-refractivity contribution < 1.29 is 13.2 Å². The molecule has 0 bridgehead atoms. The highest BCUT2D eigenvalue weighted by Gasteiger charge is 2.25. The van der Waals surface area contributed by atoms with Gasteiger partial charge in [0.15, 0.2) is 0 Å². The second kappa shape index (κ2) is 8.05. The molecule has 1 N–H and O–H groups in total. The molecule has 3 rings (SSSR count). The Balaban J connectivity index is 1.77. The number of hydrogen-bond acceptors (Lipinski definition) is 5. The number of sulfonamides is 1. The molecule has 1 aliphatic rings. The number of hydrogen-bond donors (Lipinski definition) is 1. The van der Waals surface area contributed by atoms with E-state index in [0.29, 0.717) is 19.8 Å². The normalized spacial score (nSPS) is 17.3. The van der Waals surface area contributed by atoms with Crippen LogP contribution in [0.1, 0.15) is 17.2 Å². The topological polar surface area (TPSA) is 71.5 Å². The summed E-state index contributed by atoms with van der Waals surface area (Å²) in [6, 6.07) is 10.6. The first-order valence-electron chi connectivity index (χ1n) is 8.34. The quantitative estimate of drug-likeness (QED) is 0.849. The first kappa shape index (κ1) is 18.0. The number of morpholine rings is 1. The number of aryl methyl sites for hydroxylation is 1. The van der Waals surface area contributed by atoms with E-state index < -0.39 is 10.0 Å². The fourth-order valence-corrected chi connectivity index (χ4v) is 3.95. The average molecular weight is 361 g/mol. The maximum atomic E-state index is 12.6. The molecule has 134 valence electrons. The van der Waals surface area contributed by atoms with Crippen molar-refractivity contribution in [1.29, 1.82) is 0 Å². The van der Waals surface area contributed by atoms with E-state index in [9.17, 15) is 8.42 Å².